The third-order valence-electron chi connectivity index (χ3n) is 3.46. The molecule has 0 amide bonds. The smallest absolute Gasteiger partial charge is 0.0928 e. The van der Waals surface area contributed by atoms with Crippen LogP contribution in [0.25, 0.3) is 0 Å². The lowest BCUT2D eigenvalue weighted by Crippen LogP contribution is -2.33. The minimum Gasteiger partial charge on any atom is -0.382 e. The van der Waals surface area contributed by atoms with Gasteiger partial charge in [-0.2, -0.15) is 0 Å². The van der Waals surface area contributed by atoms with Crippen molar-refractivity contribution < 1.29 is 9.47 Å². The number of nitrogens with one attached hydrogen (secondary N) is 1. The van der Waals surface area contributed by atoms with E-state index >= 15 is 0 Å². The van der Waals surface area contributed by atoms with Crippen molar-refractivity contribution in [3.05, 3.63) is 34.3 Å². The topological polar surface area (TPSA) is 30.5 Å². The van der Waals surface area contributed by atoms with Crippen LogP contribution in [0.3, 0.4) is 0 Å². The number of rotatable bonds is 6. The molecule has 0 spiro atoms. The van der Waals surface area contributed by atoms with Gasteiger partial charge >= 0.3 is 0 Å². The minimum absolute atomic E-state index is 0.103. The highest BCUT2D eigenvalue weighted by atomic mass is 35.5. The Bertz CT molecular complexity index is 397. The van der Waals surface area contributed by atoms with Crippen LogP contribution in [0.4, 0.5) is 0 Å². The molecular weight excluding hydrogens is 250 g/mol. The number of methoxy groups -OCH3 is 2. The van der Waals surface area contributed by atoms with Crippen molar-refractivity contribution in [2.75, 3.05) is 27.4 Å². The largest absolute Gasteiger partial charge is 0.382 e. The van der Waals surface area contributed by atoms with Crippen molar-refractivity contribution in [3.63, 3.8) is 0 Å². The highest BCUT2D eigenvalue weighted by Crippen LogP contribution is 2.32. The van der Waals surface area contributed by atoms with E-state index < -0.39 is 0 Å². The predicted molar refractivity (Wildman–Crippen MR) is 73.2 cm³/mol. The average Bonchev–Trinajstić information content (AvgIpc) is 2.76. The fourth-order valence-corrected chi connectivity index (χ4v) is 2.66. The molecule has 1 aliphatic carbocycles. The van der Waals surface area contributed by atoms with Crippen LogP contribution in [0.5, 0.6) is 0 Å². The zero-order chi connectivity index (χ0) is 13.0. The number of halogens is 1. The number of hydrogen-bond donors (Lipinski definition) is 1. The zero-order valence-electron chi connectivity index (χ0n) is 10.9. The van der Waals surface area contributed by atoms with Gasteiger partial charge in [-0.15, -0.1) is 0 Å². The molecule has 1 aromatic carbocycles. The van der Waals surface area contributed by atoms with E-state index in [9.17, 15) is 0 Å². The van der Waals surface area contributed by atoms with E-state index in [2.05, 4.69) is 17.4 Å². The summed E-state index contributed by atoms with van der Waals surface area (Å²) in [5.74, 6) is 0. The fraction of sp³-hybridized carbons (Fsp3) is 0.571. The Morgan fingerprint density at radius 2 is 2.28 bits per heavy atom. The first kappa shape index (κ1) is 13.8. The van der Waals surface area contributed by atoms with Crippen LogP contribution in [0, 0.1) is 0 Å². The van der Waals surface area contributed by atoms with E-state index in [1.807, 2.05) is 6.07 Å². The lowest BCUT2D eigenvalue weighted by molar-refractivity contribution is 0.0273. The molecule has 100 valence electrons. The van der Waals surface area contributed by atoms with Gasteiger partial charge in [-0.25, -0.2) is 0 Å². The molecule has 0 aromatic heterocycles. The van der Waals surface area contributed by atoms with Gasteiger partial charge < -0.3 is 14.8 Å². The van der Waals surface area contributed by atoms with Crippen molar-refractivity contribution >= 4 is 11.6 Å². The summed E-state index contributed by atoms with van der Waals surface area (Å²) in [5, 5.41) is 4.37. The molecule has 18 heavy (non-hydrogen) atoms. The summed E-state index contributed by atoms with van der Waals surface area (Å²) < 4.78 is 10.5. The van der Waals surface area contributed by atoms with Crippen LogP contribution in [0.1, 0.15) is 23.6 Å². The van der Waals surface area contributed by atoms with Crippen molar-refractivity contribution in [2.24, 2.45) is 0 Å². The highest BCUT2D eigenvalue weighted by Gasteiger charge is 2.22. The summed E-state index contributed by atoms with van der Waals surface area (Å²) >= 11 is 6.01. The van der Waals surface area contributed by atoms with E-state index in [-0.39, 0.29) is 6.10 Å². The molecule has 2 atom stereocenters. The molecule has 0 radical (unpaired) electrons. The summed E-state index contributed by atoms with van der Waals surface area (Å²) in [6.45, 7) is 1.42. The second kappa shape index (κ2) is 6.53. The Labute approximate surface area is 113 Å². The van der Waals surface area contributed by atoms with Gasteiger partial charge in [0.2, 0.25) is 0 Å². The number of aryl methyl sites for hydroxylation is 1. The third-order valence-corrected chi connectivity index (χ3v) is 3.70. The molecule has 4 heteroatoms. The van der Waals surface area contributed by atoms with Gasteiger partial charge in [0.1, 0.15) is 0 Å². The Kier molecular flexibility index (Phi) is 5.01. The average molecular weight is 270 g/mol. The van der Waals surface area contributed by atoms with Crippen molar-refractivity contribution in [1.82, 2.24) is 5.32 Å². The van der Waals surface area contributed by atoms with Crippen molar-refractivity contribution in [2.45, 2.75) is 25.0 Å². The van der Waals surface area contributed by atoms with Crippen LogP contribution in [0.15, 0.2) is 18.2 Å². The SMILES string of the molecule is COCC(CNC1CCc2cc(Cl)ccc21)OC. The third kappa shape index (κ3) is 3.23. The maximum atomic E-state index is 6.01. The Hall–Kier alpha value is -0.610. The molecule has 0 bridgehead atoms. The molecular formula is C14H20ClNO2. The van der Waals surface area contributed by atoms with E-state index in [4.69, 9.17) is 21.1 Å². The lowest BCUT2D eigenvalue weighted by atomic mass is 10.1. The first-order chi connectivity index (χ1) is 8.74. The highest BCUT2D eigenvalue weighted by molar-refractivity contribution is 6.30. The number of ether oxygens (including phenoxy) is 2. The van der Waals surface area contributed by atoms with Crippen LogP contribution < -0.4 is 5.32 Å². The quantitative estimate of drug-likeness (QED) is 0.861. The number of hydrogen-bond acceptors (Lipinski definition) is 3. The van der Waals surface area contributed by atoms with Crippen LogP contribution in [0.2, 0.25) is 5.02 Å². The van der Waals surface area contributed by atoms with Gasteiger partial charge in [0.05, 0.1) is 12.7 Å². The summed E-state index contributed by atoms with van der Waals surface area (Å²) in [6.07, 6.45) is 2.32. The zero-order valence-corrected chi connectivity index (χ0v) is 11.7. The Balaban J connectivity index is 1.93. The van der Waals surface area contributed by atoms with Gasteiger partial charge in [0.25, 0.3) is 0 Å². The number of fused-ring (bicyclic) bond motifs is 1. The standard InChI is InChI=1S/C14H20ClNO2/c1-17-9-12(18-2)8-16-14-6-3-10-7-11(15)4-5-13(10)14/h4-5,7,12,14,16H,3,6,8-9H2,1-2H3. The molecule has 1 aromatic rings. The molecule has 0 aliphatic heterocycles. The van der Waals surface area contributed by atoms with E-state index in [0.717, 1.165) is 24.4 Å². The molecule has 1 N–H and O–H groups in total. The number of benzene rings is 1. The summed E-state index contributed by atoms with van der Waals surface area (Å²) in [7, 11) is 3.41. The fourth-order valence-electron chi connectivity index (χ4n) is 2.47. The van der Waals surface area contributed by atoms with E-state index in [1.165, 1.54) is 11.1 Å². The van der Waals surface area contributed by atoms with E-state index in [1.54, 1.807) is 14.2 Å². The molecule has 2 rings (SSSR count). The predicted octanol–water partition coefficient (Wildman–Crippen LogP) is 2.58. The van der Waals surface area contributed by atoms with Crippen LogP contribution in [-0.2, 0) is 15.9 Å². The van der Waals surface area contributed by atoms with Gasteiger partial charge in [-0.1, -0.05) is 17.7 Å². The first-order valence-electron chi connectivity index (χ1n) is 6.28. The van der Waals surface area contributed by atoms with Crippen LogP contribution in [-0.4, -0.2) is 33.5 Å². The first-order valence-corrected chi connectivity index (χ1v) is 6.66. The molecule has 0 saturated heterocycles. The molecule has 0 saturated carbocycles. The maximum absolute atomic E-state index is 6.01. The lowest BCUT2D eigenvalue weighted by Gasteiger charge is -2.19. The Morgan fingerprint density at radius 3 is 3.00 bits per heavy atom. The van der Waals surface area contributed by atoms with E-state index in [0.29, 0.717) is 12.6 Å². The van der Waals surface area contributed by atoms with Gasteiger partial charge in [0.15, 0.2) is 0 Å². The second-order valence-electron chi connectivity index (χ2n) is 4.66. The Morgan fingerprint density at radius 1 is 1.44 bits per heavy atom. The molecule has 0 heterocycles. The second-order valence-corrected chi connectivity index (χ2v) is 5.09. The molecule has 0 fully saturated rings. The maximum Gasteiger partial charge on any atom is 0.0928 e. The summed E-state index contributed by atoms with van der Waals surface area (Å²) in [4.78, 5) is 0. The normalized spacial score (nSPS) is 19.8. The monoisotopic (exact) mass is 269 g/mol. The molecule has 3 nitrogen and oxygen atoms in total. The molecule has 1 aliphatic rings. The van der Waals surface area contributed by atoms with Crippen molar-refractivity contribution in [1.29, 1.82) is 0 Å². The summed E-state index contributed by atoms with van der Waals surface area (Å²) in [5.41, 5.74) is 2.73. The van der Waals surface area contributed by atoms with Gasteiger partial charge in [-0.3, -0.25) is 0 Å². The summed E-state index contributed by atoms with van der Waals surface area (Å²) in [6, 6.07) is 6.57. The minimum atomic E-state index is 0.103. The van der Waals surface area contributed by atoms with Crippen molar-refractivity contribution in [3.8, 4) is 0 Å². The van der Waals surface area contributed by atoms with Crippen LogP contribution >= 0.6 is 11.6 Å². The molecule has 2 unspecified atom stereocenters. The van der Waals surface area contributed by atoms with Gasteiger partial charge in [-0.05, 0) is 36.1 Å². The van der Waals surface area contributed by atoms with Gasteiger partial charge in [0, 0.05) is 31.8 Å².